The summed E-state index contributed by atoms with van der Waals surface area (Å²) in [5, 5.41) is 10.0. The van der Waals surface area contributed by atoms with Gasteiger partial charge in [0.15, 0.2) is 5.78 Å². The van der Waals surface area contributed by atoms with Gasteiger partial charge in [-0.15, -0.1) is 11.8 Å². The van der Waals surface area contributed by atoms with Gasteiger partial charge in [-0.1, -0.05) is 29.3 Å². The van der Waals surface area contributed by atoms with Crippen molar-refractivity contribution in [3.05, 3.63) is 44.4 Å². The quantitative estimate of drug-likeness (QED) is 0.682. The van der Waals surface area contributed by atoms with Crippen LogP contribution in [0.1, 0.15) is 12.5 Å². The van der Waals surface area contributed by atoms with E-state index >= 15 is 0 Å². The molecule has 0 atom stereocenters. The number of hydrogen-bond donors (Lipinski definition) is 1. The maximum absolute atomic E-state index is 11.1. The van der Waals surface area contributed by atoms with Crippen LogP contribution in [0.15, 0.2) is 28.8 Å². The van der Waals surface area contributed by atoms with Crippen molar-refractivity contribution in [2.45, 2.75) is 12.7 Å². The van der Waals surface area contributed by atoms with Crippen LogP contribution in [0.2, 0.25) is 10.0 Å². The van der Waals surface area contributed by atoms with Gasteiger partial charge in [-0.3, -0.25) is 4.79 Å². The van der Waals surface area contributed by atoms with Gasteiger partial charge >= 0.3 is 0 Å². The lowest BCUT2D eigenvalue weighted by molar-refractivity contribution is -0.113. The first-order chi connectivity index (χ1) is 8.47. The first-order valence-corrected chi connectivity index (χ1v) is 6.68. The molecule has 0 aliphatic carbocycles. The van der Waals surface area contributed by atoms with E-state index in [4.69, 9.17) is 34.2 Å². The molecule has 18 heavy (non-hydrogen) atoms. The van der Waals surface area contributed by atoms with Crippen LogP contribution in [0.3, 0.4) is 0 Å². The third-order valence-electron chi connectivity index (χ3n) is 2.14. The molecule has 0 saturated heterocycles. The van der Waals surface area contributed by atoms with Crippen LogP contribution in [0.4, 0.5) is 0 Å². The van der Waals surface area contributed by atoms with E-state index in [1.54, 1.807) is 24.3 Å². The molecule has 2 N–H and O–H groups in total. The van der Waals surface area contributed by atoms with Gasteiger partial charge in [0.1, 0.15) is 11.6 Å². The van der Waals surface area contributed by atoms with E-state index in [2.05, 4.69) is 0 Å². The predicted octanol–water partition coefficient (Wildman–Crippen LogP) is 3.51. The molecule has 0 amide bonds. The lowest BCUT2D eigenvalue weighted by Gasteiger charge is -2.07. The van der Waals surface area contributed by atoms with Crippen molar-refractivity contribution in [3.63, 3.8) is 0 Å². The summed E-state index contributed by atoms with van der Waals surface area (Å²) in [6.07, 6.45) is 0. The van der Waals surface area contributed by atoms with E-state index in [1.165, 1.54) is 6.92 Å². The number of allylic oxidation sites excluding steroid dienone is 1. The number of hydrogen-bond acceptors (Lipinski definition) is 4. The average Bonchev–Trinajstić information content (AvgIpc) is 2.28. The van der Waals surface area contributed by atoms with Crippen molar-refractivity contribution in [2.24, 2.45) is 5.73 Å². The van der Waals surface area contributed by atoms with Gasteiger partial charge in [-0.2, -0.15) is 5.26 Å². The molecule has 0 aliphatic heterocycles. The molecule has 0 spiro atoms. The minimum atomic E-state index is -0.354. The molecule has 0 aliphatic rings. The first kappa shape index (κ1) is 14.9. The molecule has 0 unspecified atom stereocenters. The second-order valence-electron chi connectivity index (χ2n) is 3.40. The van der Waals surface area contributed by atoms with Gasteiger partial charge in [0.2, 0.25) is 0 Å². The molecular weight excluding hydrogens is 291 g/mol. The Kier molecular flexibility index (Phi) is 5.54. The number of carbonyl (C=O) groups excluding carboxylic acids is 1. The van der Waals surface area contributed by atoms with E-state index in [-0.39, 0.29) is 16.4 Å². The van der Waals surface area contributed by atoms with E-state index < -0.39 is 0 Å². The SMILES string of the molecule is CC(=O)/C(C#N)=C(\N)SCc1c(Cl)cccc1Cl. The average molecular weight is 301 g/mol. The summed E-state index contributed by atoms with van der Waals surface area (Å²) in [7, 11) is 0. The Morgan fingerprint density at radius 3 is 2.44 bits per heavy atom. The molecule has 0 bridgehead atoms. The lowest BCUT2D eigenvalue weighted by atomic mass is 10.2. The molecule has 0 heterocycles. The highest BCUT2D eigenvalue weighted by molar-refractivity contribution is 8.02. The summed E-state index contributed by atoms with van der Waals surface area (Å²) >= 11 is 13.2. The smallest absolute Gasteiger partial charge is 0.172 e. The number of ketones is 1. The minimum absolute atomic E-state index is 0.0387. The molecule has 0 aromatic heterocycles. The molecule has 94 valence electrons. The molecule has 3 nitrogen and oxygen atoms in total. The highest BCUT2D eigenvalue weighted by atomic mass is 35.5. The third-order valence-corrected chi connectivity index (χ3v) is 3.80. The topological polar surface area (TPSA) is 66.9 Å². The van der Waals surface area contributed by atoms with Gasteiger partial charge < -0.3 is 5.73 Å². The van der Waals surface area contributed by atoms with Crippen LogP contribution in [-0.4, -0.2) is 5.78 Å². The van der Waals surface area contributed by atoms with Crippen LogP contribution in [0, 0.1) is 11.3 Å². The van der Waals surface area contributed by atoms with Crippen LogP contribution >= 0.6 is 35.0 Å². The zero-order valence-electron chi connectivity index (χ0n) is 9.54. The summed E-state index contributed by atoms with van der Waals surface area (Å²) in [4.78, 5) is 11.1. The summed E-state index contributed by atoms with van der Waals surface area (Å²) in [6, 6.07) is 6.97. The highest BCUT2D eigenvalue weighted by Gasteiger charge is 2.11. The molecule has 1 aromatic carbocycles. The summed E-state index contributed by atoms with van der Waals surface area (Å²) in [6.45, 7) is 1.30. The lowest BCUT2D eigenvalue weighted by Crippen LogP contribution is -2.05. The van der Waals surface area contributed by atoms with Crippen molar-refractivity contribution < 1.29 is 4.79 Å². The van der Waals surface area contributed by atoms with Crippen molar-refractivity contribution in [3.8, 4) is 6.07 Å². The Balaban J connectivity index is 2.90. The second-order valence-corrected chi connectivity index (χ2v) is 5.23. The first-order valence-electron chi connectivity index (χ1n) is 4.93. The number of thioether (sulfide) groups is 1. The maximum Gasteiger partial charge on any atom is 0.172 e. The molecule has 6 heteroatoms. The number of nitrogens with zero attached hydrogens (tertiary/aromatic N) is 1. The van der Waals surface area contributed by atoms with E-state index in [0.717, 1.165) is 17.3 Å². The van der Waals surface area contributed by atoms with Crippen LogP contribution in [0.5, 0.6) is 0 Å². The Hall–Kier alpha value is -1.15. The maximum atomic E-state index is 11.1. The number of rotatable bonds is 4. The van der Waals surface area contributed by atoms with Crippen LogP contribution in [0.25, 0.3) is 0 Å². The highest BCUT2D eigenvalue weighted by Crippen LogP contribution is 2.30. The van der Waals surface area contributed by atoms with E-state index in [1.807, 2.05) is 0 Å². The fourth-order valence-corrected chi connectivity index (χ4v) is 2.83. The number of benzene rings is 1. The third kappa shape index (κ3) is 3.67. The number of halogens is 2. The number of nitriles is 1. The monoisotopic (exact) mass is 300 g/mol. The fraction of sp³-hybridized carbons (Fsp3) is 0.167. The standard InChI is InChI=1S/C12H10Cl2N2OS/c1-7(17)8(5-15)12(16)18-6-9-10(13)3-2-4-11(9)14/h2-4H,6,16H2,1H3/b12-8+. The number of Topliss-reactive ketones (excluding diaryl/α,β-unsaturated/α-hetero) is 1. The molecule has 1 rings (SSSR count). The van der Waals surface area contributed by atoms with Crippen LogP contribution in [-0.2, 0) is 10.5 Å². The van der Waals surface area contributed by atoms with Gasteiger partial charge in [0.05, 0.1) is 5.03 Å². The molecule has 1 aromatic rings. The van der Waals surface area contributed by atoms with Gasteiger partial charge in [0.25, 0.3) is 0 Å². The Labute approximate surface area is 120 Å². The Morgan fingerprint density at radius 1 is 1.44 bits per heavy atom. The van der Waals surface area contributed by atoms with Crippen molar-refractivity contribution in [1.29, 1.82) is 5.26 Å². The minimum Gasteiger partial charge on any atom is -0.392 e. The Morgan fingerprint density at radius 2 is 2.00 bits per heavy atom. The van der Waals surface area contributed by atoms with Crippen molar-refractivity contribution in [2.75, 3.05) is 0 Å². The largest absolute Gasteiger partial charge is 0.392 e. The zero-order chi connectivity index (χ0) is 13.7. The van der Waals surface area contributed by atoms with Crippen molar-refractivity contribution in [1.82, 2.24) is 0 Å². The summed E-state index contributed by atoms with van der Waals surface area (Å²) < 4.78 is 0. The summed E-state index contributed by atoms with van der Waals surface area (Å²) in [5.41, 5.74) is 6.38. The molecule has 0 saturated carbocycles. The van der Waals surface area contributed by atoms with Gasteiger partial charge in [-0.05, 0) is 24.6 Å². The zero-order valence-corrected chi connectivity index (χ0v) is 11.9. The normalized spacial score (nSPS) is 11.7. The van der Waals surface area contributed by atoms with Crippen LogP contribution < -0.4 is 5.73 Å². The van der Waals surface area contributed by atoms with E-state index in [9.17, 15) is 4.79 Å². The van der Waals surface area contributed by atoms with Gasteiger partial charge in [-0.25, -0.2) is 0 Å². The summed E-state index contributed by atoms with van der Waals surface area (Å²) in [5.74, 6) is 0.0516. The van der Waals surface area contributed by atoms with Gasteiger partial charge in [0, 0.05) is 15.8 Å². The molecule has 0 fully saturated rings. The predicted molar refractivity (Wildman–Crippen MR) is 75.3 cm³/mol. The number of nitrogens with two attached hydrogens (primary N) is 1. The number of carbonyl (C=O) groups is 1. The van der Waals surface area contributed by atoms with E-state index in [0.29, 0.717) is 15.8 Å². The fourth-order valence-electron chi connectivity index (χ4n) is 1.20. The Bertz CT molecular complexity index is 529. The molecule has 0 radical (unpaired) electrons. The van der Waals surface area contributed by atoms with Crippen molar-refractivity contribution >= 4 is 40.7 Å². The molecular formula is C12H10Cl2N2OS. The second kappa shape index (κ2) is 6.69.